The van der Waals surface area contributed by atoms with Crippen LogP contribution >= 0.6 is 0 Å². The molecule has 0 bridgehead atoms. The van der Waals surface area contributed by atoms with Gasteiger partial charge in [-0.05, 0) is 12.2 Å². The highest BCUT2D eigenvalue weighted by Crippen LogP contribution is 2.03. The molecule has 48 valence electrons. The maximum atomic E-state index is 10.6. The van der Waals surface area contributed by atoms with Crippen LogP contribution in [0.1, 0.15) is 6.42 Å². The Bertz CT molecular complexity index is 181. The van der Waals surface area contributed by atoms with Crippen molar-refractivity contribution in [1.82, 2.24) is 5.48 Å². The molecule has 1 rings (SSSR count). The molecule has 0 saturated carbocycles. The monoisotopic (exact) mass is 125 g/mol. The first kappa shape index (κ1) is 6.04. The summed E-state index contributed by atoms with van der Waals surface area (Å²) in [6.07, 6.45) is 5.00. The number of allylic oxidation sites excluding steroid dienone is 4. The number of ketones is 1. The van der Waals surface area contributed by atoms with Crippen LogP contribution < -0.4 is 5.48 Å². The predicted molar refractivity (Wildman–Crippen MR) is 31.8 cm³/mol. The Kier molecular flexibility index (Phi) is 1.65. The van der Waals surface area contributed by atoms with E-state index in [0.717, 1.165) is 0 Å². The molecule has 0 aromatic rings. The molecule has 0 aliphatic heterocycles. The molecule has 0 spiro atoms. The third-order valence-electron chi connectivity index (χ3n) is 1.09. The molecule has 0 aromatic heterocycles. The highest BCUT2D eigenvalue weighted by Gasteiger charge is 2.03. The zero-order valence-electron chi connectivity index (χ0n) is 4.79. The molecule has 2 N–H and O–H groups in total. The van der Waals surface area contributed by atoms with Gasteiger partial charge in [-0.15, -0.1) is 0 Å². The standard InChI is InChI=1S/C6H7NO2/c8-6-3-1-2-5(4-6)7-9/h1-3,7,9H,4H2. The van der Waals surface area contributed by atoms with Crippen LogP contribution in [-0.2, 0) is 4.79 Å². The van der Waals surface area contributed by atoms with Crippen molar-refractivity contribution in [3.05, 3.63) is 23.9 Å². The summed E-state index contributed by atoms with van der Waals surface area (Å²) in [5, 5.41) is 8.30. The predicted octanol–water partition coefficient (Wildman–Crippen LogP) is 0.378. The second-order valence-electron chi connectivity index (χ2n) is 1.81. The van der Waals surface area contributed by atoms with Gasteiger partial charge in [0.2, 0.25) is 0 Å². The van der Waals surface area contributed by atoms with Gasteiger partial charge in [-0.2, -0.15) is 0 Å². The van der Waals surface area contributed by atoms with Crippen LogP contribution in [0.5, 0.6) is 0 Å². The van der Waals surface area contributed by atoms with Crippen molar-refractivity contribution in [3.63, 3.8) is 0 Å². The molecular formula is C6H7NO2. The molecule has 0 atom stereocenters. The summed E-state index contributed by atoms with van der Waals surface area (Å²) < 4.78 is 0. The minimum atomic E-state index is 0.00838. The second kappa shape index (κ2) is 2.46. The number of rotatable bonds is 1. The number of carbonyl (C=O) groups excluding carboxylic acids is 1. The summed E-state index contributed by atoms with van der Waals surface area (Å²) in [6.45, 7) is 0. The molecule has 9 heavy (non-hydrogen) atoms. The molecule has 3 nitrogen and oxygen atoms in total. The molecule has 0 aromatic carbocycles. The van der Waals surface area contributed by atoms with Gasteiger partial charge in [0.1, 0.15) is 0 Å². The molecule has 1 aliphatic carbocycles. The lowest BCUT2D eigenvalue weighted by molar-refractivity contribution is -0.114. The quantitative estimate of drug-likeness (QED) is 0.498. The number of carbonyl (C=O) groups is 1. The van der Waals surface area contributed by atoms with Crippen molar-refractivity contribution >= 4 is 5.78 Å². The summed E-state index contributed by atoms with van der Waals surface area (Å²) in [5.41, 5.74) is 2.47. The minimum absolute atomic E-state index is 0.00838. The number of hydrogen-bond acceptors (Lipinski definition) is 3. The SMILES string of the molecule is O=C1C=CC=C(NO)C1. The number of hydroxylamine groups is 1. The lowest BCUT2D eigenvalue weighted by Gasteiger charge is -2.03. The third kappa shape index (κ3) is 1.40. The summed E-state index contributed by atoms with van der Waals surface area (Å²) in [5.74, 6) is 0.00838. The number of hydrogen-bond donors (Lipinski definition) is 2. The van der Waals surface area contributed by atoms with E-state index in [4.69, 9.17) is 5.21 Å². The Hall–Kier alpha value is -1.09. The minimum Gasteiger partial charge on any atom is -0.294 e. The average Bonchev–Trinajstić information content (AvgIpc) is 1.88. The van der Waals surface area contributed by atoms with Gasteiger partial charge in [0.05, 0.1) is 6.42 Å². The first-order chi connectivity index (χ1) is 4.33. The van der Waals surface area contributed by atoms with Crippen LogP contribution in [0.25, 0.3) is 0 Å². The van der Waals surface area contributed by atoms with E-state index in [1.165, 1.54) is 6.08 Å². The van der Waals surface area contributed by atoms with Crippen LogP contribution in [0.4, 0.5) is 0 Å². The highest BCUT2D eigenvalue weighted by atomic mass is 16.5. The third-order valence-corrected chi connectivity index (χ3v) is 1.09. The Morgan fingerprint density at radius 3 is 2.89 bits per heavy atom. The fourth-order valence-corrected chi connectivity index (χ4v) is 0.654. The molecule has 0 radical (unpaired) electrons. The summed E-state index contributed by atoms with van der Waals surface area (Å²) in [4.78, 5) is 10.6. The molecule has 0 heterocycles. The van der Waals surface area contributed by atoms with Gasteiger partial charge in [-0.1, -0.05) is 6.08 Å². The zero-order valence-corrected chi connectivity index (χ0v) is 4.79. The number of nitrogens with one attached hydrogen (secondary N) is 1. The smallest absolute Gasteiger partial charge is 0.161 e. The van der Waals surface area contributed by atoms with E-state index in [2.05, 4.69) is 0 Å². The van der Waals surface area contributed by atoms with Crippen molar-refractivity contribution in [2.24, 2.45) is 0 Å². The van der Waals surface area contributed by atoms with E-state index in [0.29, 0.717) is 5.70 Å². The van der Waals surface area contributed by atoms with Crippen molar-refractivity contribution in [2.45, 2.75) is 6.42 Å². The molecule has 0 unspecified atom stereocenters. The second-order valence-corrected chi connectivity index (χ2v) is 1.81. The van der Waals surface area contributed by atoms with Gasteiger partial charge in [0.25, 0.3) is 0 Å². The molecule has 0 saturated heterocycles. The van der Waals surface area contributed by atoms with Gasteiger partial charge < -0.3 is 0 Å². The van der Waals surface area contributed by atoms with Gasteiger partial charge in [0.15, 0.2) is 5.78 Å². The van der Waals surface area contributed by atoms with Crippen molar-refractivity contribution < 1.29 is 10.0 Å². The largest absolute Gasteiger partial charge is 0.294 e. The van der Waals surface area contributed by atoms with Crippen molar-refractivity contribution in [2.75, 3.05) is 0 Å². The summed E-state index contributed by atoms with van der Waals surface area (Å²) >= 11 is 0. The van der Waals surface area contributed by atoms with E-state index in [1.54, 1.807) is 12.2 Å². The van der Waals surface area contributed by atoms with Crippen LogP contribution in [0, 0.1) is 0 Å². The van der Waals surface area contributed by atoms with E-state index in [1.807, 2.05) is 5.48 Å². The maximum Gasteiger partial charge on any atom is 0.161 e. The van der Waals surface area contributed by atoms with Gasteiger partial charge in [-0.25, -0.2) is 0 Å². The first-order valence-corrected chi connectivity index (χ1v) is 2.63. The molecule has 0 fully saturated rings. The Labute approximate surface area is 52.6 Å². The fourth-order valence-electron chi connectivity index (χ4n) is 0.654. The molecule has 3 heteroatoms. The Morgan fingerprint density at radius 1 is 1.67 bits per heavy atom. The van der Waals surface area contributed by atoms with Gasteiger partial charge >= 0.3 is 0 Å². The van der Waals surface area contributed by atoms with E-state index in [-0.39, 0.29) is 12.2 Å². The van der Waals surface area contributed by atoms with Gasteiger partial charge in [-0.3, -0.25) is 15.5 Å². The van der Waals surface area contributed by atoms with Crippen LogP contribution in [0.2, 0.25) is 0 Å². The Balaban J connectivity index is 2.65. The highest BCUT2D eigenvalue weighted by molar-refractivity contribution is 5.92. The van der Waals surface area contributed by atoms with Gasteiger partial charge in [0, 0.05) is 5.70 Å². The molecular weight excluding hydrogens is 118 g/mol. The zero-order chi connectivity index (χ0) is 6.69. The van der Waals surface area contributed by atoms with E-state index >= 15 is 0 Å². The average molecular weight is 125 g/mol. The van der Waals surface area contributed by atoms with E-state index < -0.39 is 0 Å². The van der Waals surface area contributed by atoms with Crippen molar-refractivity contribution in [3.8, 4) is 0 Å². The van der Waals surface area contributed by atoms with Crippen LogP contribution in [0.3, 0.4) is 0 Å². The summed E-state index contributed by atoms with van der Waals surface area (Å²) in [7, 11) is 0. The topological polar surface area (TPSA) is 49.3 Å². The van der Waals surface area contributed by atoms with Crippen LogP contribution in [0.15, 0.2) is 23.9 Å². The normalized spacial score (nSPS) is 17.4. The first-order valence-electron chi connectivity index (χ1n) is 2.63. The molecule has 0 amide bonds. The van der Waals surface area contributed by atoms with E-state index in [9.17, 15) is 4.79 Å². The lowest BCUT2D eigenvalue weighted by atomic mass is 10.1. The fraction of sp³-hybridized carbons (Fsp3) is 0.167. The van der Waals surface area contributed by atoms with Crippen molar-refractivity contribution in [1.29, 1.82) is 0 Å². The Morgan fingerprint density at radius 2 is 2.44 bits per heavy atom. The van der Waals surface area contributed by atoms with Crippen LogP contribution in [-0.4, -0.2) is 11.0 Å². The summed E-state index contributed by atoms with van der Waals surface area (Å²) in [6, 6.07) is 0. The maximum absolute atomic E-state index is 10.6. The molecule has 1 aliphatic rings. The lowest BCUT2D eigenvalue weighted by Crippen LogP contribution is -2.12.